The third-order valence-electron chi connectivity index (χ3n) is 3.85. The molecule has 1 aromatic rings. The summed E-state index contributed by atoms with van der Waals surface area (Å²) >= 11 is 0. The molecule has 2 aliphatic carbocycles. The molecule has 1 aromatic carbocycles. The lowest BCUT2D eigenvalue weighted by Crippen LogP contribution is -2.17. The van der Waals surface area contributed by atoms with Crippen LogP contribution in [-0.4, -0.2) is 12.6 Å². The highest BCUT2D eigenvalue weighted by atomic mass is 16.5. The molecule has 0 unspecified atom stereocenters. The quantitative estimate of drug-likeness (QED) is 0.587. The topological polar surface area (TPSA) is 26.3 Å². The second kappa shape index (κ2) is 4.36. The number of benzene rings is 1. The van der Waals surface area contributed by atoms with Crippen molar-refractivity contribution in [2.45, 2.75) is 12.8 Å². The van der Waals surface area contributed by atoms with Crippen LogP contribution in [-0.2, 0) is 4.74 Å². The Morgan fingerprint density at radius 1 is 1.18 bits per heavy atom. The number of carbonyl (C=O) groups is 1. The Balaban J connectivity index is 1.55. The summed E-state index contributed by atoms with van der Waals surface area (Å²) in [5, 5.41) is 0. The van der Waals surface area contributed by atoms with Gasteiger partial charge in [-0.05, 0) is 42.7 Å². The van der Waals surface area contributed by atoms with E-state index in [4.69, 9.17) is 4.74 Å². The molecular weight excluding hydrogens is 212 g/mol. The Morgan fingerprint density at radius 3 is 2.65 bits per heavy atom. The first-order valence-electron chi connectivity index (χ1n) is 6.23. The molecule has 3 atom stereocenters. The van der Waals surface area contributed by atoms with Gasteiger partial charge in [-0.15, -0.1) is 0 Å². The van der Waals surface area contributed by atoms with Gasteiger partial charge >= 0.3 is 5.97 Å². The number of rotatable bonds is 3. The first-order valence-corrected chi connectivity index (χ1v) is 6.23. The lowest BCUT2D eigenvalue weighted by atomic mass is 9.95. The maximum Gasteiger partial charge on any atom is 0.338 e. The van der Waals surface area contributed by atoms with Crippen LogP contribution in [0.25, 0.3) is 0 Å². The number of carbonyl (C=O) groups excluding carboxylic acids is 1. The first-order chi connectivity index (χ1) is 8.33. The molecule has 1 saturated carbocycles. The molecule has 2 bridgehead atoms. The molecule has 0 N–H and O–H groups in total. The first kappa shape index (κ1) is 10.6. The number of esters is 1. The van der Waals surface area contributed by atoms with Crippen LogP contribution >= 0.6 is 0 Å². The molecule has 0 aromatic heterocycles. The number of hydrogen-bond donors (Lipinski definition) is 0. The van der Waals surface area contributed by atoms with E-state index in [1.807, 2.05) is 18.2 Å². The molecule has 3 rings (SSSR count). The molecule has 2 heteroatoms. The average molecular weight is 228 g/mol. The number of allylic oxidation sites excluding steroid dienone is 2. The van der Waals surface area contributed by atoms with E-state index in [2.05, 4.69) is 12.2 Å². The largest absolute Gasteiger partial charge is 0.462 e. The highest BCUT2D eigenvalue weighted by Crippen LogP contribution is 2.43. The number of hydrogen-bond acceptors (Lipinski definition) is 2. The van der Waals surface area contributed by atoms with E-state index < -0.39 is 0 Å². The minimum atomic E-state index is -0.197. The zero-order valence-electron chi connectivity index (χ0n) is 9.71. The molecule has 2 aliphatic rings. The van der Waals surface area contributed by atoms with Gasteiger partial charge in [-0.3, -0.25) is 0 Å². The predicted molar refractivity (Wildman–Crippen MR) is 65.6 cm³/mol. The van der Waals surface area contributed by atoms with Gasteiger partial charge in [0.25, 0.3) is 0 Å². The molecular formula is C15H16O2. The molecule has 0 saturated heterocycles. The number of ether oxygens (including phenoxy) is 1. The third kappa shape index (κ3) is 2.12. The van der Waals surface area contributed by atoms with Gasteiger partial charge in [0.15, 0.2) is 0 Å². The third-order valence-corrected chi connectivity index (χ3v) is 3.85. The fraction of sp³-hybridized carbons (Fsp3) is 0.400. The van der Waals surface area contributed by atoms with Gasteiger partial charge in [0.05, 0.1) is 12.2 Å². The second-order valence-corrected chi connectivity index (χ2v) is 5.00. The van der Waals surface area contributed by atoms with Crippen molar-refractivity contribution in [1.82, 2.24) is 0 Å². The summed E-state index contributed by atoms with van der Waals surface area (Å²) in [4.78, 5) is 11.8. The van der Waals surface area contributed by atoms with Gasteiger partial charge in [-0.25, -0.2) is 4.79 Å². The minimum absolute atomic E-state index is 0.197. The van der Waals surface area contributed by atoms with Crippen molar-refractivity contribution in [3.8, 4) is 0 Å². The van der Waals surface area contributed by atoms with E-state index in [1.165, 1.54) is 12.8 Å². The molecule has 0 spiro atoms. The standard InChI is InChI=1S/C15H16O2/c16-15(12-4-2-1-3-5-12)17-10-14-9-11-6-7-13(14)8-11/h1-7,11,13-14H,8-10H2/t11-,13+,14-/m0/s1. The van der Waals surface area contributed by atoms with Gasteiger partial charge < -0.3 is 4.74 Å². The van der Waals surface area contributed by atoms with Crippen molar-refractivity contribution in [2.24, 2.45) is 17.8 Å². The lowest BCUT2D eigenvalue weighted by molar-refractivity contribution is 0.0421. The Bertz CT molecular complexity index is 435. The monoisotopic (exact) mass is 228 g/mol. The van der Waals surface area contributed by atoms with E-state index >= 15 is 0 Å². The molecule has 0 radical (unpaired) electrons. The van der Waals surface area contributed by atoms with Crippen molar-refractivity contribution in [3.63, 3.8) is 0 Å². The van der Waals surface area contributed by atoms with E-state index in [-0.39, 0.29) is 5.97 Å². The summed E-state index contributed by atoms with van der Waals surface area (Å²) in [5.74, 6) is 1.72. The van der Waals surface area contributed by atoms with Crippen LogP contribution in [0.2, 0.25) is 0 Å². The molecule has 88 valence electrons. The molecule has 17 heavy (non-hydrogen) atoms. The van der Waals surface area contributed by atoms with Crippen LogP contribution in [0.15, 0.2) is 42.5 Å². The van der Waals surface area contributed by atoms with Crippen LogP contribution < -0.4 is 0 Å². The Kier molecular flexibility index (Phi) is 2.71. The fourth-order valence-electron chi connectivity index (χ4n) is 2.93. The van der Waals surface area contributed by atoms with Crippen molar-refractivity contribution in [3.05, 3.63) is 48.0 Å². The summed E-state index contributed by atoms with van der Waals surface area (Å²) < 4.78 is 5.39. The molecule has 0 amide bonds. The van der Waals surface area contributed by atoms with Gasteiger partial charge in [-0.2, -0.15) is 0 Å². The SMILES string of the molecule is O=C(OC[C@@H]1C[C@H]2C=C[C@@H]1C2)c1ccccc1. The highest BCUT2D eigenvalue weighted by Gasteiger charge is 2.36. The van der Waals surface area contributed by atoms with Gasteiger partial charge in [0.1, 0.15) is 0 Å². The Morgan fingerprint density at radius 2 is 2.00 bits per heavy atom. The van der Waals surface area contributed by atoms with E-state index in [0.717, 1.165) is 5.92 Å². The second-order valence-electron chi connectivity index (χ2n) is 5.00. The van der Waals surface area contributed by atoms with Crippen LogP contribution in [0.1, 0.15) is 23.2 Å². The van der Waals surface area contributed by atoms with E-state index in [1.54, 1.807) is 12.1 Å². The van der Waals surface area contributed by atoms with Crippen molar-refractivity contribution in [1.29, 1.82) is 0 Å². The van der Waals surface area contributed by atoms with Crippen LogP contribution in [0.3, 0.4) is 0 Å². The summed E-state index contributed by atoms with van der Waals surface area (Å²) in [7, 11) is 0. The van der Waals surface area contributed by atoms with Gasteiger partial charge in [0.2, 0.25) is 0 Å². The van der Waals surface area contributed by atoms with Crippen LogP contribution in [0, 0.1) is 17.8 Å². The summed E-state index contributed by atoms with van der Waals surface area (Å²) in [5.41, 5.74) is 0.645. The average Bonchev–Trinajstić information content (AvgIpc) is 2.99. The summed E-state index contributed by atoms with van der Waals surface area (Å²) in [6, 6.07) is 9.21. The van der Waals surface area contributed by atoms with Gasteiger partial charge in [-0.1, -0.05) is 30.4 Å². The molecule has 0 aliphatic heterocycles. The molecule has 0 heterocycles. The lowest BCUT2D eigenvalue weighted by Gasteiger charge is -2.17. The van der Waals surface area contributed by atoms with Gasteiger partial charge in [0, 0.05) is 0 Å². The smallest absolute Gasteiger partial charge is 0.338 e. The zero-order chi connectivity index (χ0) is 11.7. The Labute approximate surface area is 101 Å². The minimum Gasteiger partial charge on any atom is -0.462 e. The highest BCUT2D eigenvalue weighted by molar-refractivity contribution is 5.89. The van der Waals surface area contributed by atoms with Crippen molar-refractivity contribution >= 4 is 5.97 Å². The van der Waals surface area contributed by atoms with Crippen molar-refractivity contribution in [2.75, 3.05) is 6.61 Å². The van der Waals surface area contributed by atoms with E-state index in [9.17, 15) is 4.79 Å². The Hall–Kier alpha value is -1.57. The normalized spacial score (nSPS) is 29.5. The van der Waals surface area contributed by atoms with Crippen LogP contribution in [0.4, 0.5) is 0 Å². The number of fused-ring (bicyclic) bond motifs is 2. The maximum atomic E-state index is 11.8. The predicted octanol–water partition coefficient (Wildman–Crippen LogP) is 3.06. The molecule has 2 nitrogen and oxygen atoms in total. The molecule has 1 fully saturated rings. The maximum absolute atomic E-state index is 11.8. The van der Waals surface area contributed by atoms with Crippen LogP contribution in [0.5, 0.6) is 0 Å². The summed E-state index contributed by atoms with van der Waals surface area (Å²) in [6.45, 7) is 0.569. The van der Waals surface area contributed by atoms with E-state index in [0.29, 0.717) is 24.0 Å². The fourth-order valence-corrected chi connectivity index (χ4v) is 2.93. The summed E-state index contributed by atoms with van der Waals surface area (Å²) in [6.07, 6.45) is 7.03. The zero-order valence-corrected chi connectivity index (χ0v) is 9.71. The van der Waals surface area contributed by atoms with Crippen molar-refractivity contribution < 1.29 is 9.53 Å².